The summed E-state index contributed by atoms with van der Waals surface area (Å²) >= 11 is 3.48. The van der Waals surface area contributed by atoms with Gasteiger partial charge in [0.15, 0.2) is 11.6 Å². The number of carbonyl (C=O) groups is 1. The van der Waals surface area contributed by atoms with Gasteiger partial charge < -0.3 is 19.9 Å². The predicted molar refractivity (Wildman–Crippen MR) is 148 cm³/mol. The molecule has 0 saturated heterocycles. The van der Waals surface area contributed by atoms with E-state index < -0.39 is 11.6 Å². The minimum atomic E-state index is -1.32. The number of ether oxygens (including phenoxy) is 2. The maximum Gasteiger partial charge on any atom is 0.252 e. The molecule has 4 rings (SSSR count). The molecular formula is C28H28BrN5O4. The molecule has 1 heterocycles. The topological polar surface area (TPSA) is 129 Å². The highest BCUT2D eigenvalue weighted by Gasteiger charge is 2.53. The summed E-state index contributed by atoms with van der Waals surface area (Å²) in [5.74, 6) is 0.716. The van der Waals surface area contributed by atoms with Gasteiger partial charge in [0.25, 0.3) is 5.91 Å². The second-order valence-corrected chi connectivity index (χ2v) is 9.67. The number of likely N-dealkylation sites (N-methyl/N-ethyl adjacent to an activating group) is 1. The van der Waals surface area contributed by atoms with Gasteiger partial charge in [-0.2, -0.15) is 0 Å². The quantitative estimate of drug-likeness (QED) is 0.139. The molecule has 0 spiro atoms. The zero-order valence-electron chi connectivity index (χ0n) is 20.9. The van der Waals surface area contributed by atoms with Crippen LogP contribution in [0.1, 0.15) is 34.8 Å². The number of amides is 1. The summed E-state index contributed by atoms with van der Waals surface area (Å²) in [5, 5.41) is 15.5. The number of benzene rings is 3. The molecule has 10 heteroatoms. The molecule has 196 valence electrons. The number of aliphatic imine (C=N–C) groups is 1. The largest absolute Gasteiger partial charge is 0.494 e. The minimum absolute atomic E-state index is 0.0632. The summed E-state index contributed by atoms with van der Waals surface area (Å²) < 4.78 is 13.0. The van der Waals surface area contributed by atoms with E-state index in [4.69, 9.17) is 25.1 Å². The molecule has 2 atom stereocenters. The number of nitrogens with zero attached hydrogens (tertiary/aromatic N) is 4. The average Bonchev–Trinajstić information content (AvgIpc) is 3.33. The Bertz CT molecular complexity index is 1340. The van der Waals surface area contributed by atoms with Crippen molar-refractivity contribution < 1.29 is 19.4 Å². The zero-order valence-corrected chi connectivity index (χ0v) is 22.5. The third kappa shape index (κ3) is 5.99. The molecule has 3 aromatic carbocycles. The fourth-order valence-electron chi connectivity index (χ4n) is 4.42. The van der Waals surface area contributed by atoms with Gasteiger partial charge in [-0.05, 0) is 58.6 Å². The monoisotopic (exact) mass is 577 g/mol. The lowest BCUT2D eigenvalue weighted by molar-refractivity contribution is -0.128. The van der Waals surface area contributed by atoms with Crippen LogP contribution in [0.25, 0.3) is 10.4 Å². The number of azide groups is 1. The molecule has 3 aromatic rings. The summed E-state index contributed by atoms with van der Waals surface area (Å²) in [7, 11) is 1.58. The Morgan fingerprint density at radius 2 is 1.87 bits per heavy atom. The van der Waals surface area contributed by atoms with Crippen LogP contribution in [0, 0.1) is 0 Å². The zero-order chi connectivity index (χ0) is 27.0. The lowest BCUT2D eigenvalue weighted by Crippen LogP contribution is -2.49. The second kappa shape index (κ2) is 12.6. The van der Waals surface area contributed by atoms with E-state index in [1.807, 2.05) is 72.8 Å². The van der Waals surface area contributed by atoms with Gasteiger partial charge in [0.1, 0.15) is 5.75 Å². The van der Waals surface area contributed by atoms with Gasteiger partial charge in [0.2, 0.25) is 5.90 Å². The molecule has 0 saturated carbocycles. The van der Waals surface area contributed by atoms with Crippen molar-refractivity contribution in [1.29, 1.82) is 0 Å². The lowest BCUT2D eigenvalue weighted by atomic mass is 9.81. The molecule has 2 N–H and O–H groups in total. The van der Waals surface area contributed by atoms with Crippen LogP contribution in [0.4, 0.5) is 0 Å². The van der Waals surface area contributed by atoms with E-state index in [2.05, 4.69) is 31.3 Å². The summed E-state index contributed by atoms with van der Waals surface area (Å²) in [5.41, 5.74) is 10.7. The number of hydrogen-bond donors (Lipinski definition) is 2. The molecule has 1 aliphatic heterocycles. The number of aliphatic hydroxyl groups excluding tert-OH is 1. The van der Waals surface area contributed by atoms with Gasteiger partial charge in [-0.1, -0.05) is 57.4 Å². The Kier molecular flexibility index (Phi) is 9.02. The second-order valence-electron chi connectivity index (χ2n) is 8.75. The molecule has 0 aromatic heterocycles. The van der Waals surface area contributed by atoms with Gasteiger partial charge in [0, 0.05) is 41.4 Å². The molecule has 0 unspecified atom stereocenters. The summed E-state index contributed by atoms with van der Waals surface area (Å²) in [6.07, 6.45) is 0.0667. The Balaban J connectivity index is 1.78. The fraction of sp³-hybridized carbons (Fsp3) is 0.286. The van der Waals surface area contributed by atoms with Gasteiger partial charge in [-0.3, -0.25) is 4.79 Å². The van der Waals surface area contributed by atoms with Crippen LogP contribution in [0.2, 0.25) is 0 Å². The van der Waals surface area contributed by atoms with Crippen LogP contribution < -0.4 is 10.1 Å². The molecule has 1 amide bonds. The van der Waals surface area contributed by atoms with Crippen molar-refractivity contribution in [1.82, 2.24) is 5.32 Å². The molecule has 9 nitrogen and oxygen atoms in total. The van der Waals surface area contributed by atoms with Crippen molar-refractivity contribution in [3.63, 3.8) is 0 Å². The number of hydrogen-bond acceptors (Lipinski definition) is 6. The predicted octanol–water partition coefficient (Wildman–Crippen LogP) is 5.27. The van der Waals surface area contributed by atoms with Gasteiger partial charge in [-0.15, -0.1) is 0 Å². The fourth-order valence-corrected chi connectivity index (χ4v) is 4.68. The summed E-state index contributed by atoms with van der Waals surface area (Å²) in [6.45, 7) is 0.635. The van der Waals surface area contributed by atoms with Crippen molar-refractivity contribution >= 4 is 27.7 Å². The highest BCUT2D eigenvalue weighted by atomic mass is 79.9. The van der Waals surface area contributed by atoms with Gasteiger partial charge in [0.05, 0.1) is 13.2 Å². The van der Waals surface area contributed by atoms with Crippen LogP contribution in [-0.2, 0) is 22.5 Å². The van der Waals surface area contributed by atoms with Crippen molar-refractivity contribution in [2.45, 2.75) is 31.0 Å². The Morgan fingerprint density at radius 3 is 2.53 bits per heavy atom. The Labute approximate surface area is 229 Å². The maximum absolute atomic E-state index is 13.7. The summed E-state index contributed by atoms with van der Waals surface area (Å²) in [4.78, 5) is 21.5. The number of halogens is 1. The molecule has 0 aliphatic carbocycles. The molecule has 38 heavy (non-hydrogen) atoms. The van der Waals surface area contributed by atoms with Crippen molar-refractivity contribution in [3.05, 3.63) is 110 Å². The molecule has 0 bridgehead atoms. The van der Waals surface area contributed by atoms with Crippen LogP contribution in [0.5, 0.6) is 5.75 Å². The van der Waals surface area contributed by atoms with Crippen LogP contribution >= 0.6 is 15.9 Å². The van der Waals surface area contributed by atoms with E-state index in [0.29, 0.717) is 30.2 Å². The van der Waals surface area contributed by atoms with E-state index in [1.54, 1.807) is 7.05 Å². The third-order valence-electron chi connectivity index (χ3n) is 6.31. The standard InChI is InChI=1S/C28H28BrN5O4/c1-31-27(36)28(17-21-5-2-3-6-22(21)18-32-34-30)25(19-7-11-23(29)12-8-19)38-26(33-28)20-9-13-24(14-10-20)37-16-4-15-35/h2-3,5-14,25,35H,4,15-18H2,1H3,(H,31,36)/t25-,28-/m1/s1. The molecule has 0 radical (unpaired) electrons. The lowest BCUT2D eigenvalue weighted by Gasteiger charge is -2.31. The maximum atomic E-state index is 13.7. The smallest absolute Gasteiger partial charge is 0.252 e. The number of aliphatic hydroxyl groups is 1. The number of rotatable bonds is 11. The van der Waals surface area contributed by atoms with Gasteiger partial charge >= 0.3 is 0 Å². The van der Waals surface area contributed by atoms with Gasteiger partial charge in [-0.25, -0.2) is 4.99 Å². The SMILES string of the molecule is CNC(=O)[C@]1(Cc2ccccc2CN=[N+]=[N-])N=C(c2ccc(OCCCO)cc2)O[C@@H]1c1ccc(Br)cc1. The van der Waals surface area contributed by atoms with Crippen LogP contribution in [0.15, 0.2) is 87.4 Å². The minimum Gasteiger partial charge on any atom is -0.494 e. The van der Waals surface area contributed by atoms with E-state index in [0.717, 1.165) is 21.2 Å². The first-order valence-corrected chi connectivity index (χ1v) is 13.0. The molecular weight excluding hydrogens is 550 g/mol. The third-order valence-corrected chi connectivity index (χ3v) is 6.84. The molecule has 0 fully saturated rings. The first-order chi connectivity index (χ1) is 18.5. The van der Waals surface area contributed by atoms with E-state index in [1.165, 1.54) is 0 Å². The highest BCUT2D eigenvalue weighted by Crippen LogP contribution is 2.43. The van der Waals surface area contributed by atoms with Crippen molar-refractivity contribution in [3.8, 4) is 5.75 Å². The normalized spacial score (nSPS) is 18.2. The molecule has 1 aliphatic rings. The first-order valence-electron chi connectivity index (χ1n) is 12.2. The van der Waals surface area contributed by atoms with Crippen molar-refractivity contribution in [2.24, 2.45) is 10.1 Å². The van der Waals surface area contributed by atoms with E-state index in [-0.39, 0.29) is 25.5 Å². The van der Waals surface area contributed by atoms with Crippen molar-refractivity contribution in [2.75, 3.05) is 20.3 Å². The highest BCUT2D eigenvalue weighted by molar-refractivity contribution is 9.10. The average molecular weight is 578 g/mol. The van der Waals surface area contributed by atoms with Crippen LogP contribution in [0.3, 0.4) is 0 Å². The van der Waals surface area contributed by atoms with E-state index in [9.17, 15) is 4.79 Å². The Hall–Kier alpha value is -3.85. The van der Waals surface area contributed by atoms with Crippen LogP contribution in [-0.4, -0.2) is 42.7 Å². The number of carbonyl (C=O) groups excluding carboxylic acids is 1. The Morgan fingerprint density at radius 1 is 1.16 bits per heavy atom. The first kappa shape index (κ1) is 27.2. The van der Waals surface area contributed by atoms with E-state index >= 15 is 0 Å². The summed E-state index contributed by atoms with van der Waals surface area (Å²) in [6, 6.07) is 22.5. The number of nitrogens with one attached hydrogen (secondary N) is 1.